The molecule has 6 amide bonds. The van der Waals surface area contributed by atoms with E-state index in [9.17, 15) is 24.0 Å². The standard InChI is InChI=1S/C27H28N6O6/c1-18-4-2-3-5-23(18)32-27(39)31-22-12-10-21(11-13-22)30-26(38)29-20-8-6-19(7-9-20)28-24(35)16-33(17-34)15-14-25(36)37/h2-13,17H,14-16H2,1H3,(H,28,35)(H,36,37)(H2,29,30,38)(H2,31,32,39). The summed E-state index contributed by atoms with van der Waals surface area (Å²) in [7, 11) is 0. The SMILES string of the molecule is Cc1ccccc1NC(=O)Nc1ccc(NC(=O)Nc2ccc(NC(=O)CN(C=O)CCC(=O)O)cc2)cc1. The Balaban J connectivity index is 1.44. The van der Waals surface area contributed by atoms with Crippen molar-refractivity contribution >= 4 is 58.8 Å². The minimum atomic E-state index is -1.07. The molecule has 0 aliphatic heterocycles. The van der Waals surface area contributed by atoms with Gasteiger partial charge in [-0.05, 0) is 67.1 Å². The largest absolute Gasteiger partial charge is 0.481 e. The van der Waals surface area contributed by atoms with E-state index >= 15 is 0 Å². The lowest BCUT2D eigenvalue weighted by atomic mass is 10.2. The first kappa shape index (κ1) is 28.2. The molecule has 12 heteroatoms. The van der Waals surface area contributed by atoms with Gasteiger partial charge in [-0.1, -0.05) is 18.2 Å². The molecule has 202 valence electrons. The summed E-state index contributed by atoms with van der Waals surface area (Å²) >= 11 is 0. The van der Waals surface area contributed by atoms with Gasteiger partial charge in [0.25, 0.3) is 0 Å². The van der Waals surface area contributed by atoms with Crippen LogP contribution in [0, 0.1) is 6.92 Å². The second-order valence-electron chi connectivity index (χ2n) is 8.40. The molecule has 0 radical (unpaired) electrons. The summed E-state index contributed by atoms with van der Waals surface area (Å²) in [6, 6.07) is 19.4. The normalized spacial score (nSPS) is 10.1. The van der Waals surface area contributed by atoms with E-state index in [4.69, 9.17) is 5.11 Å². The van der Waals surface area contributed by atoms with Crippen LogP contribution < -0.4 is 26.6 Å². The highest BCUT2D eigenvalue weighted by Crippen LogP contribution is 2.18. The Labute approximate surface area is 224 Å². The van der Waals surface area contributed by atoms with Crippen LogP contribution in [-0.2, 0) is 14.4 Å². The number of rotatable bonds is 11. The first-order valence-electron chi connectivity index (χ1n) is 11.8. The van der Waals surface area contributed by atoms with Crippen molar-refractivity contribution in [3.63, 3.8) is 0 Å². The number of carbonyl (C=O) groups is 5. The van der Waals surface area contributed by atoms with Crippen LogP contribution in [-0.4, -0.2) is 53.4 Å². The Hall–Kier alpha value is -5.39. The summed E-state index contributed by atoms with van der Waals surface area (Å²) in [6.07, 6.45) is 0.156. The van der Waals surface area contributed by atoms with Gasteiger partial charge in [-0.15, -0.1) is 0 Å². The van der Waals surface area contributed by atoms with Crippen molar-refractivity contribution in [3.05, 3.63) is 78.4 Å². The fourth-order valence-electron chi connectivity index (χ4n) is 3.36. The van der Waals surface area contributed by atoms with Crippen LogP contribution in [0.25, 0.3) is 0 Å². The number of aliphatic carboxylic acids is 1. The van der Waals surface area contributed by atoms with Crippen LogP contribution in [0.4, 0.5) is 38.0 Å². The Kier molecular flexibility index (Phi) is 9.97. The van der Waals surface area contributed by atoms with E-state index in [1.807, 2.05) is 25.1 Å². The van der Waals surface area contributed by atoms with Gasteiger partial charge in [0.1, 0.15) is 0 Å². The molecule has 12 nitrogen and oxygen atoms in total. The number of nitrogens with zero attached hydrogens (tertiary/aromatic N) is 1. The molecule has 0 aliphatic carbocycles. The number of urea groups is 2. The quantitative estimate of drug-likeness (QED) is 0.203. The maximum atomic E-state index is 12.4. The molecule has 3 rings (SSSR count). The molecule has 0 fully saturated rings. The lowest BCUT2D eigenvalue weighted by Gasteiger charge is -2.16. The Bertz CT molecular complexity index is 1330. The lowest BCUT2D eigenvalue weighted by molar-refractivity contribution is -0.138. The number of hydrogen-bond acceptors (Lipinski definition) is 5. The molecule has 0 aliphatic rings. The third-order valence-corrected chi connectivity index (χ3v) is 5.33. The zero-order valence-corrected chi connectivity index (χ0v) is 21.1. The maximum Gasteiger partial charge on any atom is 0.323 e. The first-order chi connectivity index (χ1) is 18.7. The van der Waals surface area contributed by atoms with Gasteiger partial charge in [-0.2, -0.15) is 0 Å². The number of aryl methyl sites for hydroxylation is 1. The van der Waals surface area contributed by atoms with Crippen LogP contribution in [0.1, 0.15) is 12.0 Å². The van der Waals surface area contributed by atoms with Gasteiger partial charge in [0.05, 0.1) is 13.0 Å². The van der Waals surface area contributed by atoms with Gasteiger partial charge >= 0.3 is 18.0 Å². The Morgan fingerprint density at radius 2 is 1.18 bits per heavy atom. The number of nitrogens with one attached hydrogen (secondary N) is 5. The monoisotopic (exact) mass is 532 g/mol. The number of benzene rings is 3. The van der Waals surface area contributed by atoms with Crippen molar-refractivity contribution < 1.29 is 29.1 Å². The van der Waals surface area contributed by atoms with Gasteiger partial charge in [0.2, 0.25) is 12.3 Å². The van der Waals surface area contributed by atoms with Crippen molar-refractivity contribution in [2.24, 2.45) is 0 Å². The molecule has 0 saturated carbocycles. The van der Waals surface area contributed by atoms with Crippen molar-refractivity contribution in [3.8, 4) is 0 Å². The molecular weight excluding hydrogens is 504 g/mol. The van der Waals surface area contributed by atoms with E-state index in [0.717, 1.165) is 10.5 Å². The van der Waals surface area contributed by atoms with Gasteiger partial charge in [-0.25, -0.2) is 9.59 Å². The highest BCUT2D eigenvalue weighted by Gasteiger charge is 2.11. The number of carboxylic acids is 1. The molecule has 3 aromatic rings. The predicted molar refractivity (Wildman–Crippen MR) is 148 cm³/mol. The molecule has 0 bridgehead atoms. The molecule has 39 heavy (non-hydrogen) atoms. The van der Waals surface area contributed by atoms with E-state index in [-0.39, 0.29) is 25.5 Å². The van der Waals surface area contributed by atoms with E-state index < -0.39 is 17.9 Å². The summed E-state index contributed by atoms with van der Waals surface area (Å²) in [5.41, 5.74) is 3.59. The molecule has 0 heterocycles. The Morgan fingerprint density at radius 1 is 0.718 bits per heavy atom. The number of para-hydroxylation sites is 1. The first-order valence-corrected chi connectivity index (χ1v) is 11.8. The summed E-state index contributed by atoms with van der Waals surface area (Å²) in [4.78, 5) is 59.4. The molecule has 0 unspecified atom stereocenters. The molecular formula is C27H28N6O6. The van der Waals surface area contributed by atoms with Gasteiger partial charge in [0.15, 0.2) is 0 Å². The fourth-order valence-corrected chi connectivity index (χ4v) is 3.36. The number of hydrogen-bond donors (Lipinski definition) is 6. The van der Waals surface area contributed by atoms with Gasteiger partial charge in [0, 0.05) is 35.0 Å². The summed E-state index contributed by atoms with van der Waals surface area (Å²) in [5, 5.41) is 22.2. The summed E-state index contributed by atoms with van der Waals surface area (Å²) < 4.78 is 0. The smallest absolute Gasteiger partial charge is 0.323 e. The molecule has 0 saturated heterocycles. The molecule has 0 atom stereocenters. The van der Waals surface area contributed by atoms with Crippen LogP contribution >= 0.6 is 0 Å². The van der Waals surface area contributed by atoms with Crippen molar-refractivity contribution in [2.75, 3.05) is 39.7 Å². The van der Waals surface area contributed by atoms with Crippen molar-refractivity contribution in [1.82, 2.24) is 4.90 Å². The third-order valence-electron chi connectivity index (χ3n) is 5.33. The number of carbonyl (C=O) groups excluding carboxylic acids is 4. The number of amides is 6. The van der Waals surface area contributed by atoms with E-state index in [2.05, 4.69) is 26.6 Å². The topological polar surface area (TPSA) is 169 Å². The average molecular weight is 533 g/mol. The second-order valence-corrected chi connectivity index (χ2v) is 8.40. The zero-order chi connectivity index (χ0) is 28.2. The Morgan fingerprint density at radius 3 is 1.64 bits per heavy atom. The average Bonchev–Trinajstić information content (AvgIpc) is 2.90. The van der Waals surface area contributed by atoms with Crippen LogP contribution in [0.3, 0.4) is 0 Å². The minimum Gasteiger partial charge on any atom is -0.481 e. The van der Waals surface area contributed by atoms with Crippen molar-refractivity contribution in [2.45, 2.75) is 13.3 Å². The van der Waals surface area contributed by atoms with Crippen LogP contribution in [0.2, 0.25) is 0 Å². The zero-order valence-electron chi connectivity index (χ0n) is 21.1. The van der Waals surface area contributed by atoms with Crippen LogP contribution in [0.5, 0.6) is 0 Å². The molecule has 6 N–H and O–H groups in total. The molecule has 3 aromatic carbocycles. The molecule has 0 spiro atoms. The number of anilines is 5. The second kappa shape index (κ2) is 13.8. The minimum absolute atomic E-state index is 0.0766. The van der Waals surface area contributed by atoms with Gasteiger partial charge < -0.3 is 36.6 Å². The predicted octanol–water partition coefficient (Wildman–Crippen LogP) is 4.15. The maximum absolute atomic E-state index is 12.4. The van der Waals surface area contributed by atoms with Crippen molar-refractivity contribution in [1.29, 1.82) is 0 Å². The number of carboxylic acid groups (broad SMARTS) is 1. The summed E-state index contributed by atoms with van der Waals surface area (Å²) in [6.45, 7) is 1.53. The van der Waals surface area contributed by atoms with Crippen LogP contribution in [0.15, 0.2) is 72.8 Å². The highest BCUT2D eigenvalue weighted by atomic mass is 16.4. The fraction of sp³-hybridized carbons (Fsp3) is 0.148. The third kappa shape index (κ3) is 9.53. The molecule has 0 aromatic heterocycles. The van der Waals surface area contributed by atoms with E-state index in [1.54, 1.807) is 54.6 Å². The van der Waals surface area contributed by atoms with E-state index in [0.29, 0.717) is 34.8 Å². The summed E-state index contributed by atoms with van der Waals surface area (Å²) in [5.74, 6) is -1.56. The van der Waals surface area contributed by atoms with E-state index in [1.165, 1.54) is 0 Å². The highest BCUT2D eigenvalue weighted by molar-refractivity contribution is 6.02. The lowest BCUT2D eigenvalue weighted by Crippen LogP contribution is -2.33. The van der Waals surface area contributed by atoms with Gasteiger partial charge in [-0.3, -0.25) is 14.4 Å².